The molecule has 6 nitrogen and oxygen atoms in total. The number of hydrogen-bond acceptors (Lipinski definition) is 6. The summed E-state index contributed by atoms with van der Waals surface area (Å²) in [5.74, 6) is -0.337. The van der Waals surface area contributed by atoms with Crippen molar-refractivity contribution in [1.82, 2.24) is 9.55 Å². The van der Waals surface area contributed by atoms with Crippen LogP contribution in [0.3, 0.4) is 0 Å². The van der Waals surface area contributed by atoms with Crippen LogP contribution in [0.15, 0.2) is 46.9 Å². The van der Waals surface area contributed by atoms with Crippen LogP contribution in [0.25, 0.3) is 10.2 Å². The summed E-state index contributed by atoms with van der Waals surface area (Å²) in [5.41, 5.74) is 1.75. The molecule has 150 valence electrons. The second-order valence-electron chi connectivity index (χ2n) is 6.50. The summed E-state index contributed by atoms with van der Waals surface area (Å²) >= 11 is 2.66. The average molecular weight is 428 g/mol. The molecule has 3 rings (SSSR count). The molecule has 8 heteroatoms. The van der Waals surface area contributed by atoms with Gasteiger partial charge in [-0.1, -0.05) is 30.0 Å². The van der Waals surface area contributed by atoms with E-state index in [0.29, 0.717) is 33.2 Å². The van der Waals surface area contributed by atoms with Gasteiger partial charge in [0.15, 0.2) is 10.9 Å². The lowest BCUT2D eigenvalue weighted by molar-refractivity contribution is -0.113. The van der Waals surface area contributed by atoms with Gasteiger partial charge in [-0.15, -0.1) is 17.9 Å². The highest BCUT2D eigenvalue weighted by molar-refractivity contribution is 7.99. The molecule has 0 bridgehead atoms. The number of anilines is 1. The highest BCUT2D eigenvalue weighted by Gasteiger charge is 2.17. The van der Waals surface area contributed by atoms with Crippen molar-refractivity contribution in [3.8, 4) is 0 Å². The molecular weight excluding hydrogens is 406 g/mol. The van der Waals surface area contributed by atoms with Gasteiger partial charge in [0.2, 0.25) is 5.91 Å². The minimum Gasteiger partial charge on any atom is -0.325 e. The van der Waals surface area contributed by atoms with E-state index in [4.69, 9.17) is 0 Å². The van der Waals surface area contributed by atoms with E-state index in [1.807, 2.05) is 13.8 Å². The van der Waals surface area contributed by atoms with E-state index in [9.17, 15) is 14.4 Å². The summed E-state index contributed by atoms with van der Waals surface area (Å²) < 4.78 is 1.54. The van der Waals surface area contributed by atoms with Crippen LogP contribution in [0, 0.1) is 13.8 Å². The van der Waals surface area contributed by atoms with Crippen molar-refractivity contribution in [2.45, 2.75) is 32.5 Å². The van der Waals surface area contributed by atoms with Crippen LogP contribution >= 0.6 is 23.1 Å². The van der Waals surface area contributed by atoms with Crippen LogP contribution in [0.4, 0.5) is 5.69 Å². The summed E-state index contributed by atoms with van der Waals surface area (Å²) in [7, 11) is 0. The van der Waals surface area contributed by atoms with Crippen molar-refractivity contribution in [2.75, 3.05) is 11.1 Å². The first-order valence-corrected chi connectivity index (χ1v) is 10.8. The fourth-order valence-corrected chi connectivity index (χ4v) is 4.80. The summed E-state index contributed by atoms with van der Waals surface area (Å²) in [4.78, 5) is 43.5. The Morgan fingerprint density at radius 2 is 2.03 bits per heavy atom. The lowest BCUT2D eigenvalue weighted by Crippen LogP contribution is -2.23. The minimum absolute atomic E-state index is 0.0602. The molecule has 0 radical (unpaired) electrons. The average Bonchev–Trinajstić information content (AvgIpc) is 2.97. The van der Waals surface area contributed by atoms with E-state index in [-0.39, 0.29) is 23.0 Å². The maximum absolute atomic E-state index is 13.0. The number of nitrogens with one attached hydrogen (secondary N) is 1. The molecule has 0 unspecified atom stereocenters. The van der Waals surface area contributed by atoms with Gasteiger partial charge in [-0.3, -0.25) is 19.0 Å². The zero-order valence-corrected chi connectivity index (χ0v) is 18.1. The van der Waals surface area contributed by atoms with Crippen LogP contribution in [-0.4, -0.2) is 27.0 Å². The number of aryl methyl sites for hydroxylation is 2. The Morgan fingerprint density at radius 1 is 1.31 bits per heavy atom. The zero-order valence-electron chi connectivity index (χ0n) is 16.4. The van der Waals surface area contributed by atoms with Gasteiger partial charge in [0, 0.05) is 17.0 Å². The Balaban J connectivity index is 1.86. The van der Waals surface area contributed by atoms with E-state index in [2.05, 4.69) is 16.9 Å². The Hall–Kier alpha value is -2.71. The number of hydrogen-bond donors (Lipinski definition) is 1. The molecule has 0 fully saturated rings. The fourth-order valence-electron chi connectivity index (χ4n) is 2.92. The Labute approximate surface area is 176 Å². The third-order valence-electron chi connectivity index (χ3n) is 4.48. The van der Waals surface area contributed by atoms with Crippen molar-refractivity contribution in [2.24, 2.45) is 0 Å². The number of Topliss-reactive ketones (excluding diaryl/α,β-unsaturated/α-hetero) is 1. The number of rotatable bonds is 7. The first-order chi connectivity index (χ1) is 13.8. The molecule has 2 heterocycles. The van der Waals surface area contributed by atoms with Crippen molar-refractivity contribution >= 4 is 50.7 Å². The third-order valence-corrected chi connectivity index (χ3v) is 6.56. The number of ketones is 1. The number of carbonyl (C=O) groups excluding carboxylic acids is 2. The topological polar surface area (TPSA) is 81.1 Å². The van der Waals surface area contributed by atoms with Crippen molar-refractivity contribution in [3.63, 3.8) is 0 Å². The molecule has 1 amide bonds. The van der Waals surface area contributed by atoms with Crippen molar-refractivity contribution in [3.05, 3.63) is 63.3 Å². The van der Waals surface area contributed by atoms with Crippen LogP contribution in [0.2, 0.25) is 0 Å². The third kappa shape index (κ3) is 4.33. The van der Waals surface area contributed by atoms with Crippen molar-refractivity contribution in [1.29, 1.82) is 0 Å². The summed E-state index contributed by atoms with van der Waals surface area (Å²) in [6, 6.07) is 6.87. The number of thiophene rings is 1. The number of aromatic nitrogens is 2. The van der Waals surface area contributed by atoms with E-state index in [0.717, 1.165) is 10.4 Å². The number of para-hydroxylation sites is 1. The standard InChI is InChI=1S/C21H21N3O3S2/c1-5-10-24-20(27)18-12(2)14(4)29-19(18)23-21(24)28-11-17(26)22-16-9-7-6-8-15(16)13(3)25/h5-9H,1,10-11H2,2-4H3,(H,22,26). The number of benzene rings is 1. The Morgan fingerprint density at radius 3 is 2.72 bits per heavy atom. The van der Waals surface area contributed by atoms with Crippen LogP contribution in [-0.2, 0) is 11.3 Å². The molecule has 0 aliphatic rings. The second-order valence-corrected chi connectivity index (χ2v) is 8.65. The lowest BCUT2D eigenvalue weighted by atomic mass is 10.1. The molecular formula is C21H21N3O3S2. The molecule has 0 atom stereocenters. The predicted octanol–water partition coefficient (Wildman–Crippen LogP) is 4.19. The first-order valence-electron chi connectivity index (χ1n) is 8.97. The van der Waals surface area contributed by atoms with Gasteiger partial charge in [-0.25, -0.2) is 4.98 Å². The van der Waals surface area contributed by atoms with E-state index in [1.165, 1.54) is 34.6 Å². The molecule has 0 spiro atoms. The highest BCUT2D eigenvalue weighted by Crippen LogP contribution is 2.28. The fraction of sp³-hybridized carbons (Fsp3) is 0.238. The highest BCUT2D eigenvalue weighted by atomic mass is 32.2. The summed E-state index contributed by atoms with van der Waals surface area (Å²) in [6.07, 6.45) is 1.64. The molecule has 29 heavy (non-hydrogen) atoms. The smallest absolute Gasteiger partial charge is 0.263 e. The van der Waals surface area contributed by atoms with Gasteiger partial charge in [0.05, 0.1) is 16.8 Å². The van der Waals surface area contributed by atoms with Gasteiger partial charge < -0.3 is 5.32 Å². The molecule has 1 N–H and O–H groups in total. The number of carbonyl (C=O) groups is 2. The predicted molar refractivity (Wildman–Crippen MR) is 119 cm³/mol. The second kappa shape index (κ2) is 8.75. The largest absolute Gasteiger partial charge is 0.325 e. The van der Waals surface area contributed by atoms with Gasteiger partial charge in [-0.05, 0) is 38.5 Å². The molecule has 0 aliphatic heterocycles. The van der Waals surface area contributed by atoms with E-state index in [1.54, 1.807) is 30.3 Å². The Kier molecular flexibility index (Phi) is 6.34. The van der Waals surface area contributed by atoms with Crippen LogP contribution in [0.1, 0.15) is 27.7 Å². The van der Waals surface area contributed by atoms with E-state index >= 15 is 0 Å². The molecule has 2 aromatic heterocycles. The summed E-state index contributed by atoms with van der Waals surface area (Å²) in [6.45, 7) is 9.37. The molecule has 0 saturated carbocycles. The number of allylic oxidation sites excluding steroid dienone is 1. The van der Waals surface area contributed by atoms with E-state index < -0.39 is 0 Å². The monoisotopic (exact) mass is 427 g/mol. The van der Waals surface area contributed by atoms with Gasteiger partial charge >= 0.3 is 0 Å². The maximum Gasteiger partial charge on any atom is 0.263 e. The first kappa shape index (κ1) is 21.0. The SMILES string of the molecule is C=CCn1c(SCC(=O)Nc2ccccc2C(C)=O)nc2sc(C)c(C)c2c1=O. The van der Waals surface area contributed by atoms with Gasteiger partial charge in [-0.2, -0.15) is 0 Å². The minimum atomic E-state index is -0.276. The van der Waals surface area contributed by atoms with Gasteiger partial charge in [0.25, 0.3) is 5.56 Å². The number of thioether (sulfide) groups is 1. The normalized spacial score (nSPS) is 10.9. The zero-order chi connectivity index (χ0) is 21.1. The summed E-state index contributed by atoms with van der Waals surface area (Å²) in [5, 5.41) is 3.86. The number of amides is 1. The van der Waals surface area contributed by atoms with Crippen LogP contribution < -0.4 is 10.9 Å². The molecule has 3 aromatic rings. The molecule has 0 saturated heterocycles. The number of fused-ring (bicyclic) bond motifs is 1. The number of nitrogens with zero attached hydrogens (tertiary/aromatic N) is 2. The lowest BCUT2D eigenvalue weighted by Gasteiger charge is -2.11. The van der Waals surface area contributed by atoms with Crippen LogP contribution in [0.5, 0.6) is 0 Å². The molecule has 0 aliphatic carbocycles. The quantitative estimate of drug-likeness (QED) is 0.265. The Bertz CT molecular complexity index is 1180. The van der Waals surface area contributed by atoms with Crippen molar-refractivity contribution < 1.29 is 9.59 Å². The molecule has 1 aromatic carbocycles. The van der Waals surface area contributed by atoms with Gasteiger partial charge in [0.1, 0.15) is 4.83 Å². The maximum atomic E-state index is 13.0.